The molecule has 0 amide bonds. The van der Waals surface area contributed by atoms with E-state index in [0.29, 0.717) is 6.04 Å². The van der Waals surface area contributed by atoms with E-state index in [1.807, 2.05) is 6.20 Å². The average Bonchev–Trinajstić information content (AvgIpc) is 2.57. The van der Waals surface area contributed by atoms with E-state index in [4.69, 9.17) is 0 Å². The van der Waals surface area contributed by atoms with Crippen molar-refractivity contribution in [1.29, 1.82) is 0 Å². The van der Waals surface area contributed by atoms with E-state index < -0.39 is 0 Å². The molecule has 1 aliphatic rings. The van der Waals surface area contributed by atoms with Crippen molar-refractivity contribution in [3.63, 3.8) is 0 Å². The first-order valence-corrected chi connectivity index (χ1v) is 5.58. The lowest BCUT2D eigenvalue weighted by Gasteiger charge is -2.34. The summed E-state index contributed by atoms with van der Waals surface area (Å²) in [6.45, 7) is 5.50. The molecule has 1 N–H and O–H groups in total. The number of hydrogen-bond donors (Lipinski definition) is 1. The topological polar surface area (TPSA) is 29.9 Å². The summed E-state index contributed by atoms with van der Waals surface area (Å²) in [4.78, 5) is 4.33. The maximum Gasteiger partial charge on any atom is 0.203 e. The number of hydrogen-bond acceptors (Lipinski definition) is 2. The first-order chi connectivity index (χ1) is 6.81. The Morgan fingerprint density at radius 3 is 3.00 bits per heavy atom. The lowest BCUT2D eigenvalue weighted by atomic mass is 9.82. The number of imidazole rings is 1. The lowest BCUT2D eigenvalue weighted by molar-refractivity contribution is 0.218. The molecule has 0 spiro atoms. The highest BCUT2D eigenvalue weighted by Crippen LogP contribution is 2.38. The Morgan fingerprint density at radius 1 is 1.57 bits per heavy atom. The van der Waals surface area contributed by atoms with Crippen LogP contribution in [0.25, 0.3) is 0 Å². The minimum atomic E-state index is 0.687. The molecule has 3 nitrogen and oxygen atoms in total. The fraction of sp³-hybridized carbons (Fsp3) is 0.727. The highest BCUT2D eigenvalue weighted by atomic mass is 15.2. The van der Waals surface area contributed by atoms with Crippen LogP contribution in [-0.4, -0.2) is 16.1 Å². The molecule has 1 aromatic rings. The number of nitrogens with zero attached hydrogens (tertiary/aromatic N) is 2. The van der Waals surface area contributed by atoms with Crippen LogP contribution in [0.15, 0.2) is 12.4 Å². The van der Waals surface area contributed by atoms with Crippen LogP contribution in [0.4, 0.5) is 5.95 Å². The van der Waals surface area contributed by atoms with Gasteiger partial charge in [0.1, 0.15) is 0 Å². The Labute approximate surface area is 85.5 Å². The van der Waals surface area contributed by atoms with Crippen molar-refractivity contribution in [2.24, 2.45) is 5.92 Å². The van der Waals surface area contributed by atoms with Gasteiger partial charge in [-0.2, -0.15) is 0 Å². The van der Waals surface area contributed by atoms with Crippen molar-refractivity contribution in [2.45, 2.75) is 39.2 Å². The summed E-state index contributed by atoms with van der Waals surface area (Å²) >= 11 is 0. The van der Waals surface area contributed by atoms with Crippen molar-refractivity contribution < 1.29 is 0 Å². The standard InChI is InChI=1S/C11H19N3/c1-3-4-12-11-13-5-6-14(11)10-7-9(2)8-10/h5-6,9-10H,3-4,7-8H2,1-2H3,(H,12,13). The monoisotopic (exact) mass is 193 g/mol. The van der Waals surface area contributed by atoms with Gasteiger partial charge in [0, 0.05) is 25.0 Å². The Balaban J connectivity index is 1.99. The van der Waals surface area contributed by atoms with Gasteiger partial charge in [-0.3, -0.25) is 0 Å². The van der Waals surface area contributed by atoms with E-state index >= 15 is 0 Å². The first-order valence-electron chi connectivity index (χ1n) is 5.58. The Morgan fingerprint density at radius 2 is 2.36 bits per heavy atom. The molecule has 2 rings (SSSR count). The van der Waals surface area contributed by atoms with Gasteiger partial charge in [-0.15, -0.1) is 0 Å². The van der Waals surface area contributed by atoms with Crippen LogP contribution in [0.5, 0.6) is 0 Å². The predicted molar refractivity (Wildman–Crippen MR) is 58.4 cm³/mol. The second-order valence-corrected chi connectivity index (χ2v) is 4.32. The Bertz CT molecular complexity index is 286. The van der Waals surface area contributed by atoms with Crippen LogP contribution in [0.1, 0.15) is 39.2 Å². The largest absolute Gasteiger partial charge is 0.356 e. The van der Waals surface area contributed by atoms with Crippen molar-refractivity contribution >= 4 is 5.95 Å². The Kier molecular flexibility index (Phi) is 2.75. The molecule has 0 aromatic carbocycles. The zero-order valence-electron chi connectivity index (χ0n) is 9.03. The van der Waals surface area contributed by atoms with Crippen LogP contribution in [-0.2, 0) is 0 Å². The molecule has 1 saturated carbocycles. The zero-order valence-corrected chi connectivity index (χ0v) is 9.03. The molecular weight excluding hydrogens is 174 g/mol. The molecule has 1 aromatic heterocycles. The maximum atomic E-state index is 4.33. The summed E-state index contributed by atoms with van der Waals surface area (Å²) < 4.78 is 2.29. The number of rotatable bonds is 4. The molecule has 78 valence electrons. The van der Waals surface area contributed by atoms with E-state index in [2.05, 4.69) is 34.9 Å². The molecule has 0 saturated heterocycles. The van der Waals surface area contributed by atoms with Gasteiger partial charge in [-0.05, 0) is 25.2 Å². The maximum absolute atomic E-state index is 4.33. The molecule has 0 radical (unpaired) electrons. The van der Waals surface area contributed by atoms with Crippen LogP contribution in [0.3, 0.4) is 0 Å². The molecular formula is C11H19N3. The number of nitrogens with one attached hydrogen (secondary N) is 1. The van der Waals surface area contributed by atoms with Gasteiger partial charge in [-0.25, -0.2) is 4.98 Å². The molecule has 14 heavy (non-hydrogen) atoms. The summed E-state index contributed by atoms with van der Waals surface area (Å²) in [5.41, 5.74) is 0. The van der Waals surface area contributed by atoms with Gasteiger partial charge in [0.2, 0.25) is 5.95 Å². The normalized spacial score (nSPS) is 25.9. The molecule has 0 bridgehead atoms. The second kappa shape index (κ2) is 4.03. The fourth-order valence-corrected chi connectivity index (χ4v) is 2.07. The van der Waals surface area contributed by atoms with Gasteiger partial charge >= 0.3 is 0 Å². The summed E-state index contributed by atoms with van der Waals surface area (Å²) in [5.74, 6) is 1.94. The summed E-state index contributed by atoms with van der Waals surface area (Å²) in [6.07, 6.45) is 7.73. The summed E-state index contributed by atoms with van der Waals surface area (Å²) in [5, 5.41) is 3.36. The number of aromatic nitrogens is 2. The van der Waals surface area contributed by atoms with Crippen molar-refractivity contribution in [1.82, 2.24) is 9.55 Å². The average molecular weight is 193 g/mol. The smallest absolute Gasteiger partial charge is 0.203 e. The lowest BCUT2D eigenvalue weighted by Crippen LogP contribution is -2.25. The minimum absolute atomic E-state index is 0.687. The van der Waals surface area contributed by atoms with E-state index in [0.717, 1.165) is 24.8 Å². The van der Waals surface area contributed by atoms with Gasteiger partial charge in [0.05, 0.1) is 0 Å². The van der Waals surface area contributed by atoms with E-state index in [1.54, 1.807) is 0 Å². The van der Waals surface area contributed by atoms with E-state index in [-0.39, 0.29) is 0 Å². The van der Waals surface area contributed by atoms with Crippen LogP contribution < -0.4 is 5.32 Å². The van der Waals surface area contributed by atoms with Crippen LogP contribution >= 0.6 is 0 Å². The third kappa shape index (κ3) is 1.76. The molecule has 1 fully saturated rings. The molecule has 0 aliphatic heterocycles. The van der Waals surface area contributed by atoms with Gasteiger partial charge in [0.15, 0.2) is 0 Å². The molecule has 1 heterocycles. The quantitative estimate of drug-likeness (QED) is 0.796. The highest BCUT2D eigenvalue weighted by Gasteiger charge is 2.27. The van der Waals surface area contributed by atoms with Gasteiger partial charge < -0.3 is 9.88 Å². The third-order valence-corrected chi connectivity index (χ3v) is 2.94. The van der Waals surface area contributed by atoms with E-state index in [9.17, 15) is 0 Å². The minimum Gasteiger partial charge on any atom is -0.356 e. The predicted octanol–water partition coefficient (Wildman–Crippen LogP) is 2.68. The third-order valence-electron chi connectivity index (χ3n) is 2.94. The van der Waals surface area contributed by atoms with Crippen molar-refractivity contribution in [3.8, 4) is 0 Å². The SMILES string of the molecule is CCCNc1nccn1C1CC(C)C1. The van der Waals surface area contributed by atoms with Crippen molar-refractivity contribution in [2.75, 3.05) is 11.9 Å². The van der Waals surface area contributed by atoms with Gasteiger partial charge in [0.25, 0.3) is 0 Å². The molecule has 3 heteroatoms. The summed E-state index contributed by atoms with van der Waals surface area (Å²) in [7, 11) is 0. The number of anilines is 1. The zero-order chi connectivity index (χ0) is 9.97. The van der Waals surface area contributed by atoms with Gasteiger partial charge in [-0.1, -0.05) is 13.8 Å². The highest BCUT2D eigenvalue weighted by molar-refractivity contribution is 5.27. The fourth-order valence-electron chi connectivity index (χ4n) is 2.07. The molecule has 1 aliphatic carbocycles. The van der Waals surface area contributed by atoms with Crippen molar-refractivity contribution in [3.05, 3.63) is 12.4 Å². The van der Waals surface area contributed by atoms with Crippen LogP contribution in [0, 0.1) is 5.92 Å². The van der Waals surface area contributed by atoms with Crippen LogP contribution in [0.2, 0.25) is 0 Å². The molecule has 0 unspecified atom stereocenters. The molecule has 0 atom stereocenters. The first kappa shape index (κ1) is 9.56. The second-order valence-electron chi connectivity index (χ2n) is 4.32. The van der Waals surface area contributed by atoms with E-state index in [1.165, 1.54) is 12.8 Å². The summed E-state index contributed by atoms with van der Waals surface area (Å²) in [6, 6.07) is 0.687. The Hall–Kier alpha value is -0.990.